The van der Waals surface area contributed by atoms with Crippen LogP contribution in [0.15, 0.2) is 22.7 Å². The van der Waals surface area contributed by atoms with E-state index in [1.807, 2.05) is 19.1 Å². The number of benzene rings is 1. The summed E-state index contributed by atoms with van der Waals surface area (Å²) in [6.45, 7) is 1.94. The number of halogens is 1. The minimum absolute atomic E-state index is 0.569. The van der Waals surface area contributed by atoms with E-state index in [2.05, 4.69) is 20.9 Å². The Morgan fingerprint density at radius 1 is 1.50 bits per heavy atom. The summed E-state index contributed by atoms with van der Waals surface area (Å²) in [5.41, 5.74) is 1.63. The third-order valence-corrected chi connectivity index (χ3v) is 2.31. The maximum Gasteiger partial charge on any atom is 0.399 e. The van der Waals surface area contributed by atoms with Crippen LogP contribution in [0.1, 0.15) is 5.56 Å². The first-order valence-corrected chi connectivity index (χ1v) is 3.65. The van der Waals surface area contributed by atoms with E-state index in [1.165, 1.54) is 0 Å². The minimum Gasteiger partial charge on any atom is -0.0576 e. The van der Waals surface area contributed by atoms with Crippen LogP contribution >= 0.6 is 15.9 Å². The lowest BCUT2D eigenvalue weighted by Gasteiger charge is -1.89. The predicted molar refractivity (Wildman–Crippen MR) is 43.6 cm³/mol. The molecule has 0 atom stereocenters. The molecule has 0 spiro atoms. The van der Waals surface area contributed by atoms with Crippen LogP contribution in [0.4, 0.5) is 5.69 Å². The normalized spacial score (nSPS) is 8.90. The first-order chi connectivity index (χ1) is 4.75. The van der Waals surface area contributed by atoms with Gasteiger partial charge in [-0.2, -0.15) is 0 Å². The summed E-state index contributed by atoms with van der Waals surface area (Å²) in [5.74, 6) is 0. The standard InChI is InChI=1S/C7H6BrN2/c1-5-3-2-4-6(10-9)7(5)8/h2-4H,1H3/q+1. The van der Waals surface area contributed by atoms with E-state index in [1.54, 1.807) is 6.07 Å². The van der Waals surface area contributed by atoms with Gasteiger partial charge < -0.3 is 0 Å². The van der Waals surface area contributed by atoms with Crippen molar-refractivity contribution >= 4 is 21.6 Å². The number of aryl methyl sites for hydroxylation is 1. The maximum absolute atomic E-state index is 8.44. The Bertz CT molecular complexity index is 288. The van der Waals surface area contributed by atoms with Gasteiger partial charge in [-0.1, -0.05) is 12.1 Å². The van der Waals surface area contributed by atoms with Gasteiger partial charge >= 0.3 is 5.69 Å². The zero-order valence-electron chi connectivity index (χ0n) is 5.50. The summed E-state index contributed by atoms with van der Waals surface area (Å²) in [6.07, 6.45) is 0. The van der Waals surface area contributed by atoms with Crippen molar-refractivity contribution in [3.8, 4) is 0 Å². The first kappa shape index (κ1) is 7.23. The lowest BCUT2D eigenvalue weighted by Crippen LogP contribution is -1.72. The van der Waals surface area contributed by atoms with Crippen LogP contribution in [0.25, 0.3) is 4.98 Å². The van der Waals surface area contributed by atoms with E-state index in [4.69, 9.17) is 5.39 Å². The molecule has 3 heteroatoms. The molecule has 0 radical (unpaired) electrons. The molecule has 0 aliphatic rings. The molecule has 1 rings (SSSR count). The Kier molecular flexibility index (Phi) is 2.03. The van der Waals surface area contributed by atoms with Crippen molar-refractivity contribution in [1.29, 1.82) is 5.39 Å². The Morgan fingerprint density at radius 2 is 2.20 bits per heavy atom. The molecule has 0 saturated carbocycles. The number of diazo groups is 1. The zero-order valence-corrected chi connectivity index (χ0v) is 7.09. The van der Waals surface area contributed by atoms with Gasteiger partial charge in [0.25, 0.3) is 0 Å². The molecule has 0 heterocycles. The van der Waals surface area contributed by atoms with E-state index in [0.717, 1.165) is 10.0 Å². The van der Waals surface area contributed by atoms with Gasteiger partial charge in [0, 0.05) is 6.07 Å². The van der Waals surface area contributed by atoms with Gasteiger partial charge in [-0.05, 0) is 28.4 Å². The molecule has 0 amide bonds. The lowest BCUT2D eigenvalue weighted by atomic mass is 10.2. The molecule has 0 aliphatic heterocycles. The van der Waals surface area contributed by atoms with Gasteiger partial charge in [-0.15, -0.1) is 0 Å². The molecule has 0 unspecified atom stereocenters. The minimum atomic E-state index is 0.569. The van der Waals surface area contributed by atoms with Crippen LogP contribution in [-0.4, -0.2) is 0 Å². The summed E-state index contributed by atoms with van der Waals surface area (Å²) in [5, 5.41) is 8.44. The van der Waals surface area contributed by atoms with E-state index in [9.17, 15) is 0 Å². The average Bonchev–Trinajstić information content (AvgIpc) is 1.95. The molecule has 0 aromatic heterocycles. The molecular weight excluding hydrogens is 192 g/mol. The van der Waals surface area contributed by atoms with Crippen molar-refractivity contribution in [3.63, 3.8) is 0 Å². The van der Waals surface area contributed by atoms with E-state index in [-0.39, 0.29) is 0 Å². The van der Waals surface area contributed by atoms with Crippen LogP contribution < -0.4 is 0 Å². The Hall–Kier alpha value is -0.880. The molecule has 10 heavy (non-hydrogen) atoms. The first-order valence-electron chi connectivity index (χ1n) is 2.86. The molecular formula is C7H6BrN2+. The van der Waals surface area contributed by atoms with Gasteiger partial charge in [0.2, 0.25) is 5.39 Å². The monoisotopic (exact) mass is 197 g/mol. The third-order valence-electron chi connectivity index (χ3n) is 1.28. The van der Waals surface area contributed by atoms with Gasteiger partial charge in [0.05, 0.1) is 0 Å². The van der Waals surface area contributed by atoms with E-state index in [0.29, 0.717) is 5.69 Å². The van der Waals surface area contributed by atoms with Gasteiger partial charge in [0.15, 0.2) is 4.98 Å². The Labute approximate surface area is 67.6 Å². The highest BCUT2D eigenvalue weighted by Crippen LogP contribution is 2.27. The Balaban J connectivity index is 3.31. The fourth-order valence-corrected chi connectivity index (χ4v) is 1.05. The van der Waals surface area contributed by atoms with Crippen molar-refractivity contribution in [2.45, 2.75) is 6.92 Å². The summed E-state index contributed by atoms with van der Waals surface area (Å²) in [4.78, 5) is 3.08. The molecule has 1 aromatic carbocycles. The molecule has 2 nitrogen and oxygen atoms in total. The summed E-state index contributed by atoms with van der Waals surface area (Å²) < 4.78 is 0.845. The topological polar surface area (TPSA) is 28.1 Å². The highest BCUT2D eigenvalue weighted by atomic mass is 79.9. The van der Waals surface area contributed by atoms with Crippen molar-refractivity contribution in [2.75, 3.05) is 0 Å². The molecule has 50 valence electrons. The van der Waals surface area contributed by atoms with Crippen molar-refractivity contribution in [2.24, 2.45) is 0 Å². The summed E-state index contributed by atoms with van der Waals surface area (Å²) in [7, 11) is 0. The van der Waals surface area contributed by atoms with Crippen LogP contribution in [-0.2, 0) is 0 Å². The van der Waals surface area contributed by atoms with Crippen LogP contribution in [0.2, 0.25) is 0 Å². The second kappa shape index (κ2) is 2.80. The lowest BCUT2D eigenvalue weighted by molar-refractivity contribution is 1.40. The zero-order chi connectivity index (χ0) is 7.56. The molecule has 0 bridgehead atoms. The summed E-state index contributed by atoms with van der Waals surface area (Å²) in [6, 6.07) is 5.52. The number of rotatable bonds is 0. The molecule has 1 aromatic rings. The van der Waals surface area contributed by atoms with Crippen LogP contribution in [0.3, 0.4) is 0 Å². The molecule has 0 N–H and O–H groups in total. The largest absolute Gasteiger partial charge is 0.399 e. The second-order valence-corrected chi connectivity index (χ2v) is 2.80. The molecule has 0 fully saturated rings. The molecule has 0 saturated heterocycles. The second-order valence-electron chi connectivity index (χ2n) is 2.01. The Morgan fingerprint density at radius 3 is 2.70 bits per heavy atom. The fraction of sp³-hybridized carbons (Fsp3) is 0.143. The van der Waals surface area contributed by atoms with Crippen molar-refractivity contribution in [1.82, 2.24) is 0 Å². The average molecular weight is 198 g/mol. The van der Waals surface area contributed by atoms with E-state index >= 15 is 0 Å². The van der Waals surface area contributed by atoms with Crippen molar-refractivity contribution < 1.29 is 0 Å². The van der Waals surface area contributed by atoms with Gasteiger partial charge in [-0.25, -0.2) is 0 Å². The van der Waals surface area contributed by atoms with E-state index < -0.39 is 0 Å². The SMILES string of the molecule is Cc1cccc([N+]#N)c1Br. The maximum atomic E-state index is 8.44. The summed E-state index contributed by atoms with van der Waals surface area (Å²) >= 11 is 3.29. The quantitative estimate of drug-likeness (QED) is 0.588. The molecule has 0 aliphatic carbocycles. The van der Waals surface area contributed by atoms with Crippen LogP contribution in [0, 0.1) is 12.3 Å². The van der Waals surface area contributed by atoms with Gasteiger partial charge in [-0.3, -0.25) is 0 Å². The number of nitrogens with zero attached hydrogens (tertiary/aromatic N) is 2. The predicted octanol–water partition coefficient (Wildman–Crippen LogP) is 3.24. The smallest absolute Gasteiger partial charge is 0.0576 e. The van der Waals surface area contributed by atoms with Gasteiger partial charge in [0.1, 0.15) is 4.47 Å². The van der Waals surface area contributed by atoms with Crippen LogP contribution in [0.5, 0.6) is 0 Å². The highest BCUT2D eigenvalue weighted by molar-refractivity contribution is 9.10. The highest BCUT2D eigenvalue weighted by Gasteiger charge is 2.10. The van der Waals surface area contributed by atoms with Crippen molar-refractivity contribution in [3.05, 3.63) is 33.2 Å². The number of hydrogen-bond donors (Lipinski definition) is 0. The number of hydrogen-bond acceptors (Lipinski definition) is 1. The fourth-order valence-electron chi connectivity index (χ4n) is 0.709. The third kappa shape index (κ3) is 1.17.